The van der Waals surface area contributed by atoms with Crippen molar-refractivity contribution in [2.75, 3.05) is 5.32 Å². The number of anilines is 1. The largest absolute Gasteiger partial charge is 0.444 e. The van der Waals surface area contributed by atoms with Crippen molar-refractivity contribution in [3.05, 3.63) is 71.0 Å². The lowest BCUT2D eigenvalue weighted by Crippen LogP contribution is -2.28. The van der Waals surface area contributed by atoms with Crippen LogP contribution in [0.3, 0.4) is 0 Å². The number of aromatic nitrogens is 2. The lowest BCUT2D eigenvalue weighted by atomic mass is 10.1. The molecule has 26 heavy (non-hydrogen) atoms. The number of carbonyl (C=O) groups is 1. The Kier molecular flexibility index (Phi) is 4.61. The van der Waals surface area contributed by atoms with Crippen molar-refractivity contribution in [3.63, 3.8) is 0 Å². The highest BCUT2D eigenvalue weighted by Gasteiger charge is 2.31. The average Bonchev–Trinajstić information content (AvgIpc) is 3.10. The predicted octanol–water partition coefficient (Wildman–Crippen LogP) is 3.16. The fourth-order valence-electron chi connectivity index (χ4n) is 2.30. The molecular formula is C17H12F3N3O3. The fraction of sp³-hybridized carbons (Fsp3) is 0.118. The molecule has 134 valence electrons. The zero-order chi connectivity index (χ0) is 18.7. The molecule has 0 spiro atoms. The summed E-state index contributed by atoms with van der Waals surface area (Å²) in [5.74, 6) is -0.387. The van der Waals surface area contributed by atoms with Crippen LogP contribution in [0, 0.1) is 0 Å². The summed E-state index contributed by atoms with van der Waals surface area (Å²) in [6.45, 7) is -0.567. The molecule has 2 heterocycles. The van der Waals surface area contributed by atoms with Crippen molar-refractivity contribution in [2.24, 2.45) is 0 Å². The van der Waals surface area contributed by atoms with E-state index in [-0.39, 0.29) is 5.89 Å². The highest BCUT2D eigenvalue weighted by atomic mass is 19.4. The summed E-state index contributed by atoms with van der Waals surface area (Å²) in [5, 5.41) is 2.55. The number of hydrogen-bond acceptors (Lipinski definition) is 4. The Labute approximate surface area is 144 Å². The minimum Gasteiger partial charge on any atom is -0.444 e. The molecule has 1 amide bonds. The summed E-state index contributed by atoms with van der Waals surface area (Å²) in [4.78, 5) is 27.9. The monoisotopic (exact) mass is 363 g/mol. The van der Waals surface area contributed by atoms with Crippen LogP contribution in [0.15, 0.2) is 64.3 Å². The van der Waals surface area contributed by atoms with Gasteiger partial charge in [0.2, 0.25) is 11.8 Å². The molecular weight excluding hydrogens is 351 g/mol. The number of para-hydroxylation sites is 1. The van der Waals surface area contributed by atoms with Crippen molar-refractivity contribution >= 4 is 11.6 Å². The van der Waals surface area contributed by atoms with E-state index in [2.05, 4.69) is 10.3 Å². The smallest absolute Gasteiger partial charge is 0.417 e. The van der Waals surface area contributed by atoms with Crippen LogP contribution in [0.25, 0.3) is 11.5 Å². The molecule has 6 nitrogen and oxygen atoms in total. The molecule has 0 atom stereocenters. The van der Waals surface area contributed by atoms with Crippen LogP contribution in [-0.4, -0.2) is 15.5 Å². The van der Waals surface area contributed by atoms with Crippen LogP contribution in [0.1, 0.15) is 5.56 Å². The second-order valence-corrected chi connectivity index (χ2v) is 5.31. The number of hydrogen-bond donors (Lipinski definition) is 1. The second-order valence-electron chi connectivity index (χ2n) is 5.31. The first-order valence-corrected chi connectivity index (χ1v) is 7.41. The van der Waals surface area contributed by atoms with E-state index in [1.807, 2.05) is 0 Å². The van der Waals surface area contributed by atoms with Gasteiger partial charge < -0.3 is 14.3 Å². The van der Waals surface area contributed by atoms with Crippen LogP contribution < -0.4 is 10.9 Å². The minimum absolute atomic E-state index is 0.275. The third-order valence-electron chi connectivity index (χ3n) is 3.49. The zero-order valence-electron chi connectivity index (χ0n) is 13.2. The van der Waals surface area contributed by atoms with E-state index in [0.717, 1.165) is 6.07 Å². The van der Waals surface area contributed by atoms with E-state index >= 15 is 0 Å². The van der Waals surface area contributed by atoms with E-state index < -0.39 is 29.8 Å². The van der Waals surface area contributed by atoms with Gasteiger partial charge in [-0.2, -0.15) is 13.2 Å². The van der Waals surface area contributed by atoms with Crippen LogP contribution in [0.5, 0.6) is 0 Å². The van der Waals surface area contributed by atoms with Gasteiger partial charge in [0.05, 0.1) is 23.0 Å². The molecule has 1 N–H and O–H groups in total. The van der Waals surface area contributed by atoms with Crippen molar-refractivity contribution in [1.82, 2.24) is 9.55 Å². The molecule has 1 aromatic carbocycles. The molecule has 0 radical (unpaired) electrons. The first-order valence-electron chi connectivity index (χ1n) is 7.41. The lowest BCUT2D eigenvalue weighted by molar-refractivity contribution is -0.138. The first kappa shape index (κ1) is 17.5. The summed E-state index contributed by atoms with van der Waals surface area (Å²) in [7, 11) is 0. The third kappa shape index (κ3) is 3.82. The van der Waals surface area contributed by atoms with Gasteiger partial charge >= 0.3 is 6.18 Å². The number of halogens is 3. The maximum absolute atomic E-state index is 12.8. The van der Waals surface area contributed by atoms with Gasteiger partial charge in [-0.3, -0.25) is 9.59 Å². The normalized spacial score (nSPS) is 11.3. The quantitative estimate of drug-likeness (QED) is 0.772. The van der Waals surface area contributed by atoms with Gasteiger partial charge in [-0.15, -0.1) is 0 Å². The highest BCUT2D eigenvalue weighted by molar-refractivity contribution is 5.94. The van der Waals surface area contributed by atoms with Crippen LogP contribution in [0.2, 0.25) is 0 Å². The number of amides is 1. The summed E-state index contributed by atoms with van der Waals surface area (Å²) < 4.78 is 44.2. The number of carbonyl (C=O) groups excluding carboxylic acids is 1. The number of benzene rings is 1. The zero-order valence-corrected chi connectivity index (χ0v) is 13.2. The molecule has 0 aliphatic carbocycles. The maximum Gasteiger partial charge on any atom is 0.417 e. The molecule has 0 saturated carbocycles. The Morgan fingerprint density at radius 1 is 1.19 bits per heavy atom. The number of nitrogens with zero attached hydrogens (tertiary/aromatic N) is 2. The number of rotatable bonds is 4. The summed E-state index contributed by atoms with van der Waals surface area (Å²) >= 11 is 0. The Hall–Kier alpha value is -3.36. The van der Waals surface area contributed by atoms with E-state index in [4.69, 9.17) is 4.42 Å². The van der Waals surface area contributed by atoms with E-state index in [0.29, 0.717) is 28.1 Å². The van der Waals surface area contributed by atoms with Gasteiger partial charge in [-0.25, -0.2) is 4.98 Å². The number of alkyl halides is 3. The van der Waals surface area contributed by atoms with E-state index in [9.17, 15) is 22.8 Å². The van der Waals surface area contributed by atoms with Crippen molar-refractivity contribution in [1.29, 1.82) is 0 Å². The SMILES string of the molecule is O=C(Cn1cc(C(F)(F)F)ccc1=O)Nc1ccccc1-c1ncco1. The molecule has 0 unspecified atom stereocenters. The number of nitrogens with one attached hydrogen (secondary N) is 1. The standard InChI is InChI=1S/C17H12F3N3O3/c18-17(19,20)11-5-6-15(25)23(9-11)10-14(24)22-13-4-2-1-3-12(13)16-21-7-8-26-16/h1-9H,10H2,(H,22,24). The molecule has 0 bridgehead atoms. The van der Waals surface area contributed by atoms with Crippen LogP contribution in [0.4, 0.5) is 18.9 Å². The van der Waals surface area contributed by atoms with Gasteiger partial charge in [0, 0.05) is 12.3 Å². The van der Waals surface area contributed by atoms with Crippen molar-refractivity contribution in [2.45, 2.75) is 12.7 Å². The summed E-state index contributed by atoms with van der Waals surface area (Å²) in [5.41, 5.74) is -0.860. The number of oxazole rings is 1. The Morgan fingerprint density at radius 3 is 2.65 bits per heavy atom. The van der Waals surface area contributed by atoms with Gasteiger partial charge in [0.15, 0.2) is 0 Å². The Morgan fingerprint density at radius 2 is 1.96 bits per heavy atom. The van der Waals surface area contributed by atoms with Crippen LogP contribution in [-0.2, 0) is 17.5 Å². The third-order valence-corrected chi connectivity index (χ3v) is 3.49. The molecule has 9 heteroatoms. The van der Waals surface area contributed by atoms with Gasteiger partial charge in [0.25, 0.3) is 5.56 Å². The predicted molar refractivity (Wildman–Crippen MR) is 86.3 cm³/mol. The molecule has 0 aliphatic rings. The van der Waals surface area contributed by atoms with Crippen molar-refractivity contribution < 1.29 is 22.4 Å². The average molecular weight is 363 g/mol. The summed E-state index contributed by atoms with van der Waals surface area (Å²) in [6, 6.07) is 8.08. The molecule has 0 aliphatic heterocycles. The number of pyridine rings is 1. The fourth-order valence-corrected chi connectivity index (χ4v) is 2.30. The minimum atomic E-state index is -4.61. The highest BCUT2D eigenvalue weighted by Crippen LogP contribution is 2.28. The van der Waals surface area contributed by atoms with Gasteiger partial charge in [-0.1, -0.05) is 12.1 Å². The Balaban J connectivity index is 1.82. The molecule has 3 aromatic rings. The first-order chi connectivity index (χ1) is 12.3. The molecule has 0 saturated heterocycles. The maximum atomic E-state index is 12.8. The van der Waals surface area contributed by atoms with Gasteiger partial charge in [0.1, 0.15) is 12.8 Å². The molecule has 0 fully saturated rings. The molecule has 3 rings (SSSR count). The van der Waals surface area contributed by atoms with Crippen molar-refractivity contribution in [3.8, 4) is 11.5 Å². The lowest BCUT2D eigenvalue weighted by Gasteiger charge is -2.12. The van der Waals surface area contributed by atoms with E-state index in [1.165, 1.54) is 12.5 Å². The Bertz CT molecular complexity index is 979. The molecule has 2 aromatic heterocycles. The van der Waals surface area contributed by atoms with Crippen LogP contribution >= 0.6 is 0 Å². The second kappa shape index (κ2) is 6.87. The summed E-state index contributed by atoms with van der Waals surface area (Å²) in [6.07, 6.45) is -1.18. The van der Waals surface area contributed by atoms with E-state index in [1.54, 1.807) is 24.3 Å². The topological polar surface area (TPSA) is 77.1 Å². The van der Waals surface area contributed by atoms with Gasteiger partial charge in [-0.05, 0) is 18.2 Å².